The number of fused-ring (bicyclic) bond motifs is 1. The molecule has 208 valence electrons. The first-order valence-electron chi connectivity index (χ1n) is 14.8. The van der Waals surface area contributed by atoms with Crippen molar-refractivity contribution in [3.05, 3.63) is 63.7 Å². The average molecular weight is 538 g/mol. The highest BCUT2D eigenvalue weighted by atomic mass is 32.1. The van der Waals surface area contributed by atoms with Crippen LogP contribution in [0.5, 0.6) is 0 Å². The van der Waals surface area contributed by atoms with Crippen molar-refractivity contribution >= 4 is 11.3 Å². The summed E-state index contributed by atoms with van der Waals surface area (Å²) >= 11 is 1.77. The van der Waals surface area contributed by atoms with Gasteiger partial charge in [0.15, 0.2) is 0 Å². The van der Waals surface area contributed by atoms with Crippen LogP contribution in [0.2, 0.25) is 0 Å². The van der Waals surface area contributed by atoms with Gasteiger partial charge in [0, 0.05) is 17.5 Å². The maximum absolute atomic E-state index is 11.3. The van der Waals surface area contributed by atoms with E-state index in [-0.39, 0.29) is 16.2 Å². The monoisotopic (exact) mass is 537 g/mol. The van der Waals surface area contributed by atoms with Gasteiger partial charge >= 0.3 is 0 Å². The van der Waals surface area contributed by atoms with Crippen LogP contribution < -0.4 is 0 Å². The Morgan fingerprint density at radius 2 is 1.97 bits per heavy atom. The molecule has 4 aliphatic rings. The van der Waals surface area contributed by atoms with Gasteiger partial charge < -0.3 is 15.3 Å². The van der Waals surface area contributed by atoms with Crippen molar-refractivity contribution < 1.29 is 15.3 Å². The number of nitrogens with zero attached hydrogens (tertiary/aromatic N) is 1. The minimum Gasteiger partial charge on any atom is -0.393 e. The number of hydrogen-bond acceptors (Lipinski definition) is 5. The molecule has 0 unspecified atom stereocenters. The molecule has 5 rings (SSSR count). The normalized spacial score (nSPS) is 36.2. The van der Waals surface area contributed by atoms with Crippen LogP contribution in [0.4, 0.5) is 0 Å². The Bertz CT molecular complexity index is 1140. The Morgan fingerprint density at radius 1 is 1.21 bits per heavy atom. The highest BCUT2D eigenvalue weighted by Gasteiger charge is 2.54. The number of rotatable bonds is 7. The van der Waals surface area contributed by atoms with E-state index < -0.39 is 18.3 Å². The van der Waals surface area contributed by atoms with E-state index in [1.54, 1.807) is 11.3 Å². The third-order valence-corrected chi connectivity index (χ3v) is 11.9. The van der Waals surface area contributed by atoms with Gasteiger partial charge in [0.1, 0.15) is 5.01 Å². The summed E-state index contributed by atoms with van der Waals surface area (Å²) in [7, 11) is 0. The Hall–Kier alpha value is -1.53. The van der Waals surface area contributed by atoms with Crippen LogP contribution in [-0.4, -0.2) is 38.6 Å². The molecule has 6 atom stereocenters. The number of aryl methyl sites for hydroxylation is 1. The summed E-state index contributed by atoms with van der Waals surface area (Å²) in [6.07, 6.45) is 19.1. The summed E-state index contributed by atoms with van der Waals surface area (Å²) in [6.45, 7) is 13.5. The van der Waals surface area contributed by atoms with E-state index in [1.807, 2.05) is 6.20 Å². The molecule has 4 aliphatic carbocycles. The fourth-order valence-corrected chi connectivity index (χ4v) is 9.17. The number of allylic oxidation sites excluding steroid dienone is 4. The summed E-state index contributed by atoms with van der Waals surface area (Å²) in [5.41, 5.74) is 3.31. The van der Waals surface area contributed by atoms with E-state index in [9.17, 15) is 15.3 Å². The third-order valence-electron chi connectivity index (χ3n) is 10.5. The summed E-state index contributed by atoms with van der Waals surface area (Å²) < 4.78 is 0. The van der Waals surface area contributed by atoms with Crippen LogP contribution in [-0.2, 0) is 11.8 Å². The molecule has 0 radical (unpaired) electrons. The van der Waals surface area contributed by atoms with Gasteiger partial charge in [-0.15, -0.1) is 11.3 Å². The van der Waals surface area contributed by atoms with Crippen molar-refractivity contribution in [3.63, 3.8) is 0 Å². The van der Waals surface area contributed by atoms with Crippen LogP contribution in [0.1, 0.15) is 95.4 Å². The lowest BCUT2D eigenvalue weighted by atomic mass is 9.57. The predicted molar refractivity (Wildman–Crippen MR) is 156 cm³/mol. The average Bonchev–Trinajstić information content (AvgIpc) is 3.38. The molecule has 3 N–H and O–H groups in total. The lowest BCUT2D eigenvalue weighted by Crippen LogP contribution is -2.39. The SMILES string of the molecule is C=C1C(=CC=C2CCC[C@]3(C)[C@@H](C(C)(C)C=C[C@H](O)C4(c5ncc(CC)s5)CC4)CC[C@@H]23)C[C@@H](O)C[C@@H]1O. The second kappa shape index (κ2) is 10.5. The van der Waals surface area contributed by atoms with Gasteiger partial charge in [-0.25, -0.2) is 4.98 Å². The summed E-state index contributed by atoms with van der Waals surface area (Å²) in [6, 6.07) is 0. The minimum absolute atomic E-state index is 0.00912. The Kier molecular flexibility index (Phi) is 7.71. The van der Waals surface area contributed by atoms with E-state index >= 15 is 0 Å². The lowest BCUT2D eigenvalue weighted by molar-refractivity contribution is 0.0706. The number of aromatic nitrogens is 1. The molecule has 0 bridgehead atoms. The highest BCUT2D eigenvalue weighted by molar-refractivity contribution is 7.11. The van der Waals surface area contributed by atoms with Gasteiger partial charge in [0.2, 0.25) is 0 Å². The van der Waals surface area contributed by atoms with Gasteiger partial charge in [-0.1, -0.05) is 64.2 Å². The van der Waals surface area contributed by atoms with Crippen molar-refractivity contribution in [2.24, 2.45) is 22.7 Å². The fourth-order valence-electron chi connectivity index (χ4n) is 8.04. The predicted octanol–water partition coefficient (Wildman–Crippen LogP) is 6.82. The highest BCUT2D eigenvalue weighted by Crippen LogP contribution is 2.62. The summed E-state index contributed by atoms with van der Waals surface area (Å²) in [5, 5.41) is 32.8. The quantitative estimate of drug-likeness (QED) is 0.334. The minimum atomic E-state index is -0.641. The van der Waals surface area contributed by atoms with Gasteiger partial charge in [-0.05, 0) is 91.6 Å². The van der Waals surface area contributed by atoms with Gasteiger partial charge in [-0.3, -0.25) is 0 Å². The molecule has 0 spiro atoms. The molecule has 4 nitrogen and oxygen atoms in total. The van der Waals surface area contributed by atoms with E-state index in [0.29, 0.717) is 24.7 Å². The number of thiazole rings is 1. The van der Waals surface area contributed by atoms with E-state index in [1.165, 1.54) is 36.1 Å². The van der Waals surface area contributed by atoms with Crippen molar-refractivity contribution in [1.29, 1.82) is 0 Å². The fraction of sp³-hybridized carbons (Fsp3) is 0.667. The van der Waals surface area contributed by atoms with E-state index in [4.69, 9.17) is 0 Å². The molecule has 0 amide bonds. The zero-order valence-corrected chi connectivity index (χ0v) is 24.6. The first-order chi connectivity index (χ1) is 18.0. The molecule has 0 aromatic carbocycles. The standard InChI is InChI=1S/C33H47NO3S/c1-6-25-20-34-30(38-25)33(16-17-33)29(37)13-15-31(3,4)28-12-11-26-22(8-7-14-32(26,28)5)9-10-23-18-24(35)19-27(36)21(23)2/h9-10,13,15,20,24,26-29,35-37H,2,6-8,11-12,14,16-19H2,1,3-5H3/t24-,26+,27+,28-,29+,32+/m1/s1. The van der Waals surface area contributed by atoms with E-state index in [2.05, 4.69) is 63.6 Å². The third kappa shape index (κ3) is 5.05. The molecule has 1 heterocycles. The number of hydrogen-bond donors (Lipinski definition) is 3. The molecular formula is C33H47NO3S. The van der Waals surface area contributed by atoms with Crippen molar-refractivity contribution in [1.82, 2.24) is 4.98 Å². The van der Waals surface area contributed by atoms with Crippen LogP contribution in [0, 0.1) is 22.7 Å². The Morgan fingerprint density at radius 3 is 2.66 bits per heavy atom. The molecule has 0 saturated heterocycles. The summed E-state index contributed by atoms with van der Waals surface area (Å²) in [5.74, 6) is 1.11. The molecule has 38 heavy (non-hydrogen) atoms. The molecule has 1 aromatic heterocycles. The van der Waals surface area contributed by atoms with Crippen molar-refractivity contribution in [2.45, 2.75) is 116 Å². The van der Waals surface area contributed by atoms with Crippen molar-refractivity contribution in [3.8, 4) is 0 Å². The van der Waals surface area contributed by atoms with Crippen molar-refractivity contribution in [2.75, 3.05) is 0 Å². The first kappa shape index (κ1) is 28.0. The molecule has 5 heteroatoms. The molecule has 4 saturated carbocycles. The first-order valence-corrected chi connectivity index (χ1v) is 15.6. The molecule has 1 aromatic rings. The molecule has 4 fully saturated rings. The molecule has 0 aliphatic heterocycles. The van der Waals surface area contributed by atoms with Gasteiger partial charge in [0.05, 0.1) is 23.7 Å². The lowest BCUT2D eigenvalue weighted by Gasteiger charge is -2.47. The summed E-state index contributed by atoms with van der Waals surface area (Å²) in [4.78, 5) is 5.98. The Labute approximate surface area is 233 Å². The topological polar surface area (TPSA) is 73.6 Å². The van der Waals surface area contributed by atoms with Gasteiger partial charge in [-0.2, -0.15) is 0 Å². The maximum atomic E-state index is 11.3. The number of aliphatic hydroxyl groups excluding tert-OH is 3. The maximum Gasteiger partial charge on any atom is 0.102 e. The second-order valence-electron chi connectivity index (χ2n) is 13.4. The smallest absolute Gasteiger partial charge is 0.102 e. The zero-order chi connectivity index (χ0) is 27.3. The number of aliphatic hydroxyl groups is 3. The second-order valence-corrected chi connectivity index (χ2v) is 14.5. The van der Waals surface area contributed by atoms with Crippen LogP contribution in [0.15, 0.2) is 53.8 Å². The zero-order valence-electron chi connectivity index (χ0n) is 23.7. The van der Waals surface area contributed by atoms with E-state index in [0.717, 1.165) is 41.8 Å². The molecular weight excluding hydrogens is 490 g/mol. The Balaban J connectivity index is 1.32. The van der Waals surface area contributed by atoms with Crippen LogP contribution >= 0.6 is 11.3 Å². The van der Waals surface area contributed by atoms with Crippen LogP contribution in [0.3, 0.4) is 0 Å². The van der Waals surface area contributed by atoms with Crippen LogP contribution in [0.25, 0.3) is 0 Å². The van der Waals surface area contributed by atoms with Gasteiger partial charge in [0.25, 0.3) is 0 Å². The largest absolute Gasteiger partial charge is 0.393 e.